The number of aromatic nitrogens is 3. The van der Waals surface area contributed by atoms with E-state index in [0.717, 1.165) is 21.7 Å². The van der Waals surface area contributed by atoms with E-state index in [1.807, 2.05) is 62.4 Å². The van der Waals surface area contributed by atoms with Gasteiger partial charge in [-0.1, -0.05) is 57.2 Å². The van der Waals surface area contributed by atoms with E-state index in [9.17, 15) is 24.3 Å². The topological polar surface area (TPSA) is 196 Å². The quantitative estimate of drug-likeness (QED) is 0.165. The van der Waals surface area contributed by atoms with Crippen molar-refractivity contribution in [1.29, 1.82) is 0 Å². The highest BCUT2D eigenvalue weighted by Crippen LogP contribution is 2.32. The van der Waals surface area contributed by atoms with E-state index in [1.165, 1.54) is 0 Å². The number of rotatable bonds is 12. The molecule has 0 spiro atoms. The van der Waals surface area contributed by atoms with Gasteiger partial charge in [0.2, 0.25) is 23.6 Å². The molecular formula is C40H49N9O6S. The zero-order chi connectivity index (χ0) is 40.0. The van der Waals surface area contributed by atoms with Crippen LogP contribution in [-0.2, 0) is 30.5 Å². The van der Waals surface area contributed by atoms with Crippen molar-refractivity contribution in [3.05, 3.63) is 71.4 Å². The van der Waals surface area contributed by atoms with Gasteiger partial charge in [-0.3, -0.25) is 19.2 Å². The van der Waals surface area contributed by atoms with Crippen LogP contribution in [0.25, 0.3) is 21.7 Å². The Hall–Kier alpha value is -5.61. The molecule has 2 aromatic carbocycles. The molecule has 2 atom stereocenters. The molecule has 4 amide bonds. The molecule has 0 radical (unpaired) electrons. The lowest BCUT2D eigenvalue weighted by Crippen LogP contribution is -2.58. The average Bonchev–Trinajstić information content (AvgIpc) is 3.86. The Labute approximate surface area is 330 Å². The molecule has 0 aliphatic carbocycles. The Morgan fingerprint density at radius 1 is 1.00 bits per heavy atom. The van der Waals surface area contributed by atoms with Crippen molar-refractivity contribution in [2.24, 2.45) is 5.41 Å². The maximum Gasteiger partial charge on any atom is 0.248 e. The minimum atomic E-state index is -0.917. The largest absolute Gasteiger partial charge is 0.507 e. The van der Waals surface area contributed by atoms with Gasteiger partial charge in [0.05, 0.1) is 27.5 Å². The smallest absolute Gasteiger partial charge is 0.248 e. The van der Waals surface area contributed by atoms with Gasteiger partial charge in [-0.05, 0) is 54.5 Å². The van der Waals surface area contributed by atoms with Gasteiger partial charge in [0.1, 0.15) is 31.0 Å². The third kappa shape index (κ3) is 9.42. The van der Waals surface area contributed by atoms with Crippen LogP contribution in [0.15, 0.2) is 60.1 Å². The first-order valence-corrected chi connectivity index (χ1v) is 19.6. The number of hydrogen-bond donors (Lipinski definition) is 4. The number of phenolic OH excluding ortho intramolecular Hbond substituents is 1. The molecule has 15 nitrogen and oxygen atoms in total. The number of likely N-dealkylation sites (tertiary alicyclic amines) is 1. The minimum Gasteiger partial charge on any atom is -0.507 e. The van der Waals surface area contributed by atoms with Crippen LogP contribution in [0.5, 0.6) is 5.75 Å². The van der Waals surface area contributed by atoms with Crippen LogP contribution >= 0.6 is 11.3 Å². The number of anilines is 2. The lowest BCUT2D eigenvalue weighted by atomic mass is 9.85. The highest BCUT2D eigenvalue weighted by molar-refractivity contribution is 7.13. The van der Waals surface area contributed by atoms with Crippen molar-refractivity contribution in [1.82, 2.24) is 35.6 Å². The van der Waals surface area contributed by atoms with Crippen molar-refractivity contribution in [3.8, 4) is 27.4 Å². The summed E-state index contributed by atoms with van der Waals surface area (Å²) >= 11 is 1.58. The number of para-hydroxylation sites is 1. The van der Waals surface area contributed by atoms with Crippen molar-refractivity contribution in [3.63, 3.8) is 0 Å². The van der Waals surface area contributed by atoms with Gasteiger partial charge in [0, 0.05) is 44.8 Å². The second-order valence-electron chi connectivity index (χ2n) is 15.1. The Kier molecular flexibility index (Phi) is 12.5. The zero-order valence-corrected chi connectivity index (χ0v) is 33.0. The summed E-state index contributed by atoms with van der Waals surface area (Å²) in [5.41, 5.74) is 12.0. The van der Waals surface area contributed by atoms with Crippen molar-refractivity contribution < 1.29 is 29.0 Å². The van der Waals surface area contributed by atoms with E-state index in [4.69, 9.17) is 10.5 Å². The maximum atomic E-state index is 13.9. The summed E-state index contributed by atoms with van der Waals surface area (Å²) in [6.45, 7) is 9.29. The monoisotopic (exact) mass is 783 g/mol. The minimum absolute atomic E-state index is 0.0827. The summed E-state index contributed by atoms with van der Waals surface area (Å²) in [7, 11) is 0. The number of hydrogen-bond acceptors (Lipinski definition) is 12. The van der Waals surface area contributed by atoms with Gasteiger partial charge >= 0.3 is 0 Å². The molecule has 296 valence electrons. The molecule has 5 N–H and O–H groups in total. The fourth-order valence-electron chi connectivity index (χ4n) is 6.97. The van der Waals surface area contributed by atoms with E-state index in [-0.39, 0.29) is 35.9 Å². The molecule has 4 heterocycles. The zero-order valence-electron chi connectivity index (χ0n) is 32.2. The van der Waals surface area contributed by atoms with Gasteiger partial charge in [-0.25, -0.2) is 4.98 Å². The van der Waals surface area contributed by atoms with Gasteiger partial charge in [0.15, 0.2) is 5.82 Å². The number of thiazole rings is 1. The van der Waals surface area contributed by atoms with Crippen LogP contribution in [0.3, 0.4) is 0 Å². The molecule has 0 unspecified atom stereocenters. The SMILES string of the molecule is Cc1ncsc1-c1ccc(CNC(=O)[C@@H]2CCCN2C(=O)[C@@H](NC(=O)COCC(=O)N2CCN(c3cc(-c4ccccc4O)nnc3N)CC2)C(C)(C)C)cc1. The summed E-state index contributed by atoms with van der Waals surface area (Å²) in [5, 5.41) is 24.3. The van der Waals surface area contributed by atoms with Crippen LogP contribution in [0.1, 0.15) is 44.9 Å². The number of nitrogens with two attached hydrogens (primary N) is 1. The first-order valence-electron chi connectivity index (χ1n) is 18.7. The number of aromatic hydroxyl groups is 1. The number of nitrogens with zero attached hydrogens (tertiary/aromatic N) is 6. The Balaban J connectivity index is 0.964. The van der Waals surface area contributed by atoms with Crippen LogP contribution in [-0.4, -0.2) is 112 Å². The number of carbonyl (C=O) groups is 4. The third-order valence-electron chi connectivity index (χ3n) is 10.1. The normalized spacial score (nSPS) is 16.4. The van der Waals surface area contributed by atoms with Crippen LogP contribution in [0, 0.1) is 12.3 Å². The highest BCUT2D eigenvalue weighted by atomic mass is 32.1. The van der Waals surface area contributed by atoms with E-state index in [1.54, 1.807) is 51.5 Å². The lowest BCUT2D eigenvalue weighted by molar-refractivity contribution is -0.145. The number of amides is 4. The molecule has 2 aliphatic heterocycles. The van der Waals surface area contributed by atoms with Crippen molar-refractivity contribution >= 4 is 46.5 Å². The standard InChI is InChI=1S/C40H49N9O6S/c1-25-35(56-24-43-25)27-13-11-26(12-14-27)21-42-38(53)30-9-7-15-49(30)39(54)36(40(2,3)4)44-33(51)22-55-23-34(52)48-18-16-47(17-19-48)31-20-29(45-46-37(31)41)28-8-5-6-10-32(28)50/h5-6,8,10-14,20,24,30,36,50H,7,9,15-19,21-23H2,1-4H3,(H2,41,46)(H,42,53)(H,44,51)/t30-,36+/m0/s1. The molecule has 0 saturated carbocycles. The molecule has 2 aliphatic rings. The summed E-state index contributed by atoms with van der Waals surface area (Å²) in [6, 6.07) is 15.0. The van der Waals surface area contributed by atoms with Crippen molar-refractivity contribution in [2.45, 2.75) is 59.2 Å². The fourth-order valence-corrected chi connectivity index (χ4v) is 7.78. The third-order valence-corrected chi connectivity index (χ3v) is 11.1. The number of ether oxygens (including phenoxy) is 1. The first kappa shape index (κ1) is 40.1. The summed E-state index contributed by atoms with van der Waals surface area (Å²) in [4.78, 5) is 64.1. The van der Waals surface area contributed by atoms with E-state index in [0.29, 0.717) is 69.1 Å². The number of carbonyl (C=O) groups excluding carboxylic acids is 4. The molecular weight excluding hydrogens is 735 g/mol. The Morgan fingerprint density at radius 2 is 1.73 bits per heavy atom. The average molecular weight is 784 g/mol. The Bertz CT molecular complexity index is 2040. The maximum absolute atomic E-state index is 13.9. The summed E-state index contributed by atoms with van der Waals surface area (Å²) in [6.07, 6.45) is 1.20. The van der Waals surface area contributed by atoms with Crippen LogP contribution < -0.4 is 21.3 Å². The van der Waals surface area contributed by atoms with Crippen molar-refractivity contribution in [2.75, 3.05) is 56.6 Å². The molecule has 2 aromatic heterocycles. The molecule has 16 heteroatoms. The highest BCUT2D eigenvalue weighted by Gasteiger charge is 2.42. The number of benzene rings is 2. The molecule has 0 bridgehead atoms. The number of nitrogens with one attached hydrogen (secondary N) is 2. The van der Waals surface area contributed by atoms with Crippen LogP contribution in [0.2, 0.25) is 0 Å². The van der Waals surface area contributed by atoms with Gasteiger partial charge in [-0.15, -0.1) is 21.5 Å². The van der Waals surface area contributed by atoms with Gasteiger partial charge in [0.25, 0.3) is 0 Å². The second kappa shape index (κ2) is 17.5. The molecule has 6 rings (SSSR count). The van der Waals surface area contributed by atoms with E-state index >= 15 is 0 Å². The molecule has 56 heavy (non-hydrogen) atoms. The van der Waals surface area contributed by atoms with Gasteiger partial charge in [-0.2, -0.15) is 0 Å². The number of aryl methyl sites for hydroxylation is 1. The number of piperazine rings is 1. The lowest BCUT2D eigenvalue weighted by Gasteiger charge is -2.36. The van der Waals surface area contributed by atoms with Crippen LogP contribution in [0.4, 0.5) is 11.5 Å². The first-order chi connectivity index (χ1) is 26.8. The van der Waals surface area contributed by atoms with E-state index < -0.39 is 30.0 Å². The molecule has 4 aromatic rings. The number of phenols is 1. The van der Waals surface area contributed by atoms with E-state index in [2.05, 4.69) is 25.8 Å². The fraction of sp³-hybridized carbons (Fsp3) is 0.425. The second-order valence-corrected chi connectivity index (χ2v) is 16.0. The predicted octanol–water partition coefficient (Wildman–Crippen LogP) is 3.37. The summed E-state index contributed by atoms with van der Waals surface area (Å²) in [5.74, 6) is -1.05. The number of nitrogen functional groups attached to an aromatic ring is 1. The van der Waals surface area contributed by atoms with Gasteiger partial charge < -0.3 is 40.9 Å². The summed E-state index contributed by atoms with van der Waals surface area (Å²) < 4.78 is 5.53. The molecule has 2 fully saturated rings. The Morgan fingerprint density at radius 3 is 2.41 bits per heavy atom. The molecule has 2 saturated heterocycles. The predicted molar refractivity (Wildman–Crippen MR) is 213 cm³/mol.